The number of ether oxygens (including phenoxy) is 1. The first-order valence-electron chi connectivity index (χ1n) is 5.21. The maximum atomic E-state index is 11.4. The van der Waals surface area contributed by atoms with Crippen LogP contribution in [0.3, 0.4) is 0 Å². The Labute approximate surface area is 104 Å². The number of hydrogen-bond donors (Lipinski definition) is 2. The Morgan fingerprint density at radius 2 is 2.19 bits per heavy atom. The number of rotatable bonds is 8. The number of hydrogen-bond acceptors (Lipinski definition) is 3. The van der Waals surface area contributed by atoms with Crippen LogP contribution >= 0.6 is 12.4 Å². The molecule has 0 bridgehead atoms. The maximum Gasteiger partial charge on any atom is 0.220 e. The van der Waals surface area contributed by atoms with Crippen molar-refractivity contribution in [1.29, 1.82) is 0 Å². The van der Waals surface area contributed by atoms with Crippen LogP contribution in [-0.4, -0.2) is 31.2 Å². The van der Waals surface area contributed by atoms with Crippen molar-refractivity contribution in [1.82, 2.24) is 5.32 Å². The third kappa shape index (κ3) is 9.96. The molecule has 0 unspecified atom stereocenters. The highest BCUT2D eigenvalue weighted by Gasteiger charge is 2.17. The van der Waals surface area contributed by atoms with Gasteiger partial charge < -0.3 is 15.8 Å². The van der Waals surface area contributed by atoms with Gasteiger partial charge in [-0.1, -0.05) is 6.08 Å². The van der Waals surface area contributed by atoms with Crippen LogP contribution in [0.4, 0.5) is 0 Å². The average molecular weight is 251 g/mol. The normalized spacial score (nSPS) is 10.4. The molecule has 0 aromatic rings. The first-order chi connectivity index (χ1) is 7.02. The van der Waals surface area contributed by atoms with Crippen molar-refractivity contribution in [3.05, 3.63) is 12.7 Å². The fraction of sp³-hybridized carbons (Fsp3) is 0.727. The van der Waals surface area contributed by atoms with E-state index in [1.807, 2.05) is 13.8 Å². The van der Waals surface area contributed by atoms with Gasteiger partial charge in [0.15, 0.2) is 0 Å². The molecule has 4 nitrogen and oxygen atoms in total. The molecule has 0 fully saturated rings. The Balaban J connectivity index is 0. The Hall–Kier alpha value is -0.580. The summed E-state index contributed by atoms with van der Waals surface area (Å²) < 4.78 is 5.17. The van der Waals surface area contributed by atoms with Crippen LogP contribution in [-0.2, 0) is 9.53 Å². The van der Waals surface area contributed by atoms with Gasteiger partial charge >= 0.3 is 0 Å². The van der Waals surface area contributed by atoms with Crippen molar-refractivity contribution in [2.75, 3.05) is 19.8 Å². The molecule has 0 aliphatic carbocycles. The molecule has 0 aliphatic rings. The van der Waals surface area contributed by atoms with Gasteiger partial charge in [0.1, 0.15) is 0 Å². The average Bonchev–Trinajstić information content (AvgIpc) is 2.17. The fourth-order valence-corrected chi connectivity index (χ4v) is 0.992. The van der Waals surface area contributed by atoms with E-state index >= 15 is 0 Å². The molecule has 0 atom stereocenters. The van der Waals surface area contributed by atoms with Crippen LogP contribution in [0.1, 0.15) is 26.7 Å². The lowest BCUT2D eigenvalue weighted by Crippen LogP contribution is -2.48. The molecule has 0 spiro atoms. The number of carbonyl (C=O) groups excluding carboxylic acids is 1. The summed E-state index contributed by atoms with van der Waals surface area (Å²) in [6.07, 6.45) is 2.89. The van der Waals surface area contributed by atoms with Crippen LogP contribution in [0, 0.1) is 0 Å². The minimum Gasteiger partial charge on any atom is -0.377 e. The Morgan fingerprint density at radius 3 is 2.69 bits per heavy atom. The van der Waals surface area contributed by atoms with E-state index in [-0.39, 0.29) is 23.9 Å². The van der Waals surface area contributed by atoms with Crippen molar-refractivity contribution in [3.8, 4) is 0 Å². The number of nitrogens with one attached hydrogen (secondary N) is 1. The largest absolute Gasteiger partial charge is 0.377 e. The quantitative estimate of drug-likeness (QED) is 0.503. The monoisotopic (exact) mass is 250 g/mol. The van der Waals surface area contributed by atoms with E-state index in [2.05, 4.69) is 11.9 Å². The third-order valence-corrected chi connectivity index (χ3v) is 1.92. The van der Waals surface area contributed by atoms with Gasteiger partial charge in [0, 0.05) is 25.1 Å². The number of carbonyl (C=O) groups is 1. The standard InChI is InChI=1S/C11H22N2O2.ClH/c1-4-7-15-8-5-6-10(14)13-11(2,3)9-12;/h4H,1,5-9,12H2,2-3H3,(H,13,14);1H. The molecule has 0 heterocycles. The van der Waals surface area contributed by atoms with Gasteiger partial charge in [0.05, 0.1) is 6.61 Å². The number of nitrogens with two attached hydrogens (primary N) is 1. The first kappa shape index (κ1) is 17.8. The summed E-state index contributed by atoms with van der Waals surface area (Å²) in [5.74, 6) is 0.0210. The molecule has 0 rings (SSSR count). The van der Waals surface area contributed by atoms with Crippen molar-refractivity contribution >= 4 is 18.3 Å². The highest BCUT2D eigenvalue weighted by Crippen LogP contribution is 2.00. The third-order valence-electron chi connectivity index (χ3n) is 1.92. The predicted octanol–water partition coefficient (Wildman–Crippen LogP) is 1.24. The Bertz CT molecular complexity index is 208. The zero-order valence-corrected chi connectivity index (χ0v) is 10.9. The zero-order chi connectivity index (χ0) is 11.7. The van der Waals surface area contributed by atoms with Gasteiger partial charge in [-0.3, -0.25) is 4.79 Å². The van der Waals surface area contributed by atoms with Crippen molar-refractivity contribution in [2.24, 2.45) is 5.73 Å². The second-order valence-corrected chi connectivity index (χ2v) is 4.10. The van der Waals surface area contributed by atoms with Crippen LogP contribution in [0.5, 0.6) is 0 Å². The molecule has 0 saturated carbocycles. The summed E-state index contributed by atoms with van der Waals surface area (Å²) in [5, 5.41) is 2.86. The van der Waals surface area contributed by atoms with Gasteiger partial charge in [0.25, 0.3) is 0 Å². The van der Waals surface area contributed by atoms with E-state index in [4.69, 9.17) is 10.5 Å². The molecule has 0 aromatic heterocycles. The van der Waals surface area contributed by atoms with Crippen LogP contribution < -0.4 is 11.1 Å². The van der Waals surface area contributed by atoms with E-state index in [0.717, 1.165) is 6.42 Å². The summed E-state index contributed by atoms with van der Waals surface area (Å²) >= 11 is 0. The van der Waals surface area contributed by atoms with Crippen molar-refractivity contribution < 1.29 is 9.53 Å². The van der Waals surface area contributed by atoms with Gasteiger partial charge in [-0.05, 0) is 20.3 Å². The molecule has 16 heavy (non-hydrogen) atoms. The summed E-state index contributed by atoms with van der Waals surface area (Å²) in [6, 6.07) is 0. The zero-order valence-electron chi connectivity index (χ0n) is 10.1. The van der Waals surface area contributed by atoms with E-state index in [9.17, 15) is 4.79 Å². The lowest BCUT2D eigenvalue weighted by Gasteiger charge is -2.24. The molecular formula is C11H23ClN2O2. The second kappa shape index (κ2) is 9.63. The number of amides is 1. The molecule has 3 N–H and O–H groups in total. The minimum absolute atomic E-state index is 0. The molecule has 5 heteroatoms. The Morgan fingerprint density at radius 1 is 1.56 bits per heavy atom. The molecule has 96 valence electrons. The molecule has 0 radical (unpaired) electrons. The Kier molecular flexibility index (Phi) is 10.7. The van der Waals surface area contributed by atoms with Gasteiger partial charge in [-0.15, -0.1) is 19.0 Å². The van der Waals surface area contributed by atoms with E-state index in [1.54, 1.807) is 6.08 Å². The van der Waals surface area contributed by atoms with Crippen molar-refractivity contribution in [3.63, 3.8) is 0 Å². The summed E-state index contributed by atoms with van der Waals surface area (Å²) in [4.78, 5) is 11.4. The van der Waals surface area contributed by atoms with Crippen molar-refractivity contribution in [2.45, 2.75) is 32.2 Å². The first-order valence-corrected chi connectivity index (χ1v) is 5.21. The lowest BCUT2D eigenvalue weighted by molar-refractivity contribution is -0.122. The van der Waals surface area contributed by atoms with Crippen LogP contribution in [0.2, 0.25) is 0 Å². The summed E-state index contributed by atoms with van der Waals surface area (Å²) in [5.41, 5.74) is 5.18. The van der Waals surface area contributed by atoms with E-state index in [1.165, 1.54) is 0 Å². The molecule has 0 saturated heterocycles. The van der Waals surface area contributed by atoms with E-state index in [0.29, 0.717) is 26.2 Å². The second-order valence-electron chi connectivity index (χ2n) is 4.10. The molecular weight excluding hydrogens is 228 g/mol. The smallest absolute Gasteiger partial charge is 0.220 e. The molecule has 0 aromatic carbocycles. The highest BCUT2D eigenvalue weighted by atomic mass is 35.5. The van der Waals surface area contributed by atoms with Gasteiger partial charge in [-0.25, -0.2) is 0 Å². The van der Waals surface area contributed by atoms with Crippen LogP contribution in [0.15, 0.2) is 12.7 Å². The summed E-state index contributed by atoms with van der Waals surface area (Å²) in [7, 11) is 0. The van der Waals surface area contributed by atoms with Gasteiger partial charge in [-0.2, -0.15) is 0 Å². The molecule has 1 amide bonds. The van der Waals surface area contributed by atoms with Gasteiger partial charge in [0.2, 0.25) is 5.91 Å². The highest BCUT2D eigenvalue weighted by molar-refractivity contribution is 5.85. The topological polar surface area (TPSA) is 64.3 Å². The minimum atomic E-state index is -0.320. The van der Waals surface area contributed by atoms with E-state index < -0.39 is 0 Å². The lowest BCUT2D eigenvalue weighted by atomic mass is 10.1. The maximum absolute atomic E-state index is 11.4. The van der Waals surface area contributed by atoms with Crippen LogP contribution in [0.25, 0.3) is 0 Å². The number of halogens is 1. The summed E-state index contributed by atoms with van der Waals surface area (Å²) in [6.45, 7) is 8.90. The SMILES string of the molecule is C=CCOCCCC(=O)NC(C)(C)CN.Cl. The molecule has 0 aliphatic heterocycles. The predicted molar refractivity (Wildman–Crippen MR) is 68.8 cm³/mol. The fourth-order valence-electron chi connectivity index (χ4n) is 0.992.